The molecule has 0 aliphatic rings. The minimum absolute atomic E-state index is 0.0570. The average molecular weight is 219 g/mol. The number of rotatable bonds is 2. The predicted molar refractivity (Wildman–Crippen MR) is 49.2 cm³/mol. The van der Waals surface area contributed by atoms with E-state index in [-0.39, 0.29) is 12.2 Å². The van der Waals surface area contributed by atoms with Crippen molar-refractivity contribution in [3.8, 4) is 0 Å². The lowest BCUT2D eigenvalue weighted by Gasteiger charge is -2.28. The van der Waals surface area contributed by atoms with Crippen molar-refractivity contribution >= 4 is 0 Å². The molecule has 5 heteroatoms. The summed E-state index contributed by atoms with van der Waals surface area (Å²) >= 11 is 0. The van der Waals surface area contributed by atoms with Crippen molar-refractivity contribution in [1.82, 2.24) is 4.98 Å². The number of hydrogen-bond acceptors (Lipinski definition) is 2. The van der Waals surface area contributed by atoms with E-state index in [1.807, 2.05) is 0 Å². The molecule has 0 fully saturated rings. The number of aliphatic hydroxyl groups excluding tert-OH is 1. The molecular weight excluding hydrogens is 207 g/mol. The lowest BCUT2D eigenvalue weighted by molar-refractivity contribution is -0.180. The Morgan fingerprint density at radius 1 is 1.27 bits per heavy atom. The first-order valence-electron chi connectivity index (χ1n) is 4.41. The van der Waals surface area contributed by atoms with Gasteiger partial charge in [-0.25, -0.2) is 0 Å². The quantitative estimate of drug-likeness (QED) is 0.828. The van der Waals surface area contributed by atoms with Crippen LogP contribution < -0.4 is 0 Å². The van der Waals surface area contributed by atoms with Gasteiger partial charge in [0.2, 0.25) is 0 Å². The summed E-state index contributed by atoms with van der Waals surface area (Å²) in [6.45, 7) is 1.87. The normalized spacial score (nSPS) is 12.9. The molecule has 0 aliphatic carbocycles. The van der Waals surface area contributed by atoms with Crippen molar-refractivity contribution in [1.29, 1.82) is 0 Å². The molecule has 0 aliphatic heterocycles. The molecule has 1 rings (SSSR count). The van der Waals surface area contributed by atoms with E-state index in [2.05, 4.69) is 4.98 Å². The molecule has 0 radical (unpaired) electrons. The number of alkyl halides is 3. The first kappa shape index (κ1) is 12.0. The molecular formula is C10H12F3NO. The van der Waals surface area contributed by atoms with E-state index >= 15 is 0 Å². The van der Waals surface area contributed by atoms with Gasteiger partial charge in [-0.3, -0.25) is 4.98 Å². The largest absolute Gasteiger partial charge is 0.397 e. The van der Waals surface area contributed by atoms with Gasteiger partial charge in [0, 0.05) is 12.4 Å². The summed E-state index contributed by atoms with van der Waals surface area (Å²) in [5.74, 6) is 0. The highest BCUT2D eigenvalue weighted by atomic mass is 19.4. The number of halogens is 3. The van der Waals surface area contributed by atoms with E-state index in [4.69, 9.17) is 5.11 Å². The van der Waals surface area contributed by atoms with Crippen LogP contribution >= 0.6 is 0 Å². The maximum atomic E-state index is 12.7. The molecule has 0 bridgehead atoms. The smallest absolute Gasteiger partial charge is 0.392 e. The second-order valence-electron chi connectivity index (χ2n) is 3.86. The lowest BCUT2D eigenvalue weighted by Crippen LogP contribution is -2.36. The van der Waals surface area contributed by atoms with Gasteiger partial charge < -0.3 is 5.11 Å². The van der Waals surface area contributed by atoms with Crippen molar-refractivity contribution in [2.75, 3.05) is 0 Å². The van der Waals surface area contributed by atoms with Gasteiger partial charge in [-0.15, -0.1) is 0 Å². The SMILES string of the molecule is CC(C)(c1cncc(CO)c1)C(F)(F)F. The van der Waals surface area contributed by atoms with E-state index < -0.39 is 11.6 Å². The monoisotopic (exact) mass is 219 g/mol. The maximum absolute atomic E-state index is 12.7. The van der Waals surface area contributed by atoms with E-state index in [1.165, 1.54) is 18.5 Å². The number of aliphatic hydroxyl groups is 1. The Morgan fingerprint density at radius 2 is 1.87 bits per heavy atom. The van der Waals surface area contributed by atoms with Crippen molar-refractivity contribution in [3.63, 3.8) is 0 Å². The second kappa shape index (κ2) is 3.81. The van der Waals surface area contributed by atoms with Gasteiger partial charge in [0.15, 0.2) is 0 Å². The molecule has 0 saturated heterocycles. The van der Waals surface area contributed by atoms with Crippen LogP contribution in [0.15, 0.2) is 18.5 Å². The summed E-state index contributed by atoms with van der Waals surface area (Å²) in [7, 11) is 0. The summed E-state index contributed by atoms with van der Waals surface area (Å²) < 4.78 is 38.0. The Balaban J connectivity index is 3.15. The molecule has 0 saturated carbocycles. The van der Waals surface area contributed by atoms with Crippen LogP contribution in [0.4, 0.5) is 13.2 Å². The van der Waals surface area contributed by atoms with Crippen LogP contribution in [0.25, 0.3) is 0 Å². The van der Waals surface area contributed by atoms with Crippen LogP contribution in [-0.2, 0) is 12.0 Å². The van der Waals surface area contributed by atoms with Gasteiger partial charge in [0.1, 0.15) is 0 Å². The second-order valence-corrected chi connectivity index (χ2v) is 3.86. The molecule has 0 atom stereocenters. The topological polar surface area (TPSA) is 33.1 Å². The van der Waals surface area contributed by atoms with Crippen LogP contribution in [-0.4, -0.2) is 16.3 Å². The summed E-state index contributed by atoms with van der Waals surface area (Å²) in [5.41, 5.74) is -1.52. The third-order valence-electron chi connectivity index (χ3n) is 2.41. The zero-order valence-electron chi connectivity index (χ0n) is 8.47. The van der Waals surface area contributed by atoms with Crippen LogP contribution in [0.1, 0.15) is 25.0 Å². The molecule has 1 N–H and O–H groups in total. The maximum Gasteiger partial charge on any atom is 0.397 e. The lowest BCUT2D eigenvalue weighted by atomic mass is 9.84. The molecule has 1 aromatic heterocycles. The molecule has 0 spiro atoms. The summed E-state index contributed by atoms with van der Waals surface area (Å²) in [5, 5.41) is 8.81. The average Bonchev–Trinajstić information content (AvgIpc) is 2.16. The number of pyridine rings is 1. The third-order valence-corrected chi connectivity index (χ3v) is 2.41. The van der Waals surface area contributed by atoms with Crippen LogP contribution in [0.2, 0.25) is 0 Å². The van der Waals surface area contributed by atoms with Gasteiger partial charge in [-0.2, -0.15) is 13.2 Å². The van der Waals surface area contributed by atoms with Crippen LogP contribution in [0.5, 0.6) is 0 Å². The Bertz CT molecular complexity index is 347. The van der Waals surface area contributed by atoms with Gasteiger partial charge in [0.05, 0.1) is 12.0 Å². The van der Waals surface area contributed by atoms with Crippen molar-refractivity contribution in [2.45, 2.75) is 32.0 Å². The number of hydrogen-bond donors (Lipinski definition) is 1. The summed E-state index contributed by atoms with van der Waals surface area (Å²) in [6.07, 6.45) is -1.81. The predicted octanol–water partition coefficient (Wildman–Crippen LogP) is 2.41. The Hall–Kier alpha value is -1.10. The van der Waals surface area contributed by atoms with E-state index in [9.17, 15) is 13.2 Å². The summed E-state index contributed by atoms with van der Waals surface area (Å²) in [4.78, 5) is 3.68. The molecule has 1 aromatic rings. The first-order valence-corrected chi connectivity index (χ1v) is 4.41. The Morgan fingerprint density at radius 3 is 2.33 bits per heavy atom. The van der Waals surface area contributed by atoms with Gasteiger partial charge in [-0.05, 0) is 31.0 Å². The van der Waals surface area contributed by atoms with Gasteiger partial charge in [-0.1, -0.05) is 0 Å². The van der Waals surface area contributed by atoms with Gasteiger partial charge in [0.25, 0.3) is 0 Å². The Labute approximate surface area is 85.8 Å². The molecule has 15 heavy (non-hydrogen) atoms. The minimum atomic E-state index is -4.33. The molecule has 2 nitrogen and oxygen atoms in total. The van der Waals surface area contributed by atoms with Crippen LogP contribution in [0, 0.1) is 0 Å². The van der Waals surface area contributed by atoms with Crippen molar-refractivity contribution in [2.24, 2.45) is 0 Å². The van der Waals surface area contributed by atoms with E-state index in [0.717, 1.165) is 13.8 Å². The molecule has 0 amide bonds. The third kappa shape index (κ3) is 2.28. The highest BCUT2D eigenvalue weighted by Gasteiger charge is 2.48. The fourth-order valence-electron chi connectivity index (χ4n) is 1.08. The highest BCUT2D eigenvalue weighted by molar-refractivity contribution is 5.26. The van der Waals surface area contributed by atoms with Crippen molar-refractivity contribution in [3.05, 3.63) is 29.6 Å². The fraction of sp³-hybridized carbons (Fsp3) is 0.500. The van der Waals surface area contributed by atoms with Gasteiger partial charge >= 0.3 is 6.18 Å². The van der Waals surface area contributed by atoms with Crippen LogP contribution in [0.3, 0.4) is 0 Å². The number of nitrogens with zero attached hydrogens (tertiary/aromatic N) is 1. The Kier molecular flexibility index (Phi) is 3.04. The summed E-state index contributed by atoms with van der Waals surface area (Å²) in [6, 6.07) is 1.32. The zero-order valence-corrected chi connectivity index (χ0v) is 8.47. The van der Waals surface area contributed by atoms with Crippen molar-refractivity contribution < 1.29 is 18.3 Å². The number of aromatic nitrogens is 1. The minimum Gasteiger partial charge on any atom is -0.392 e. The zero-order chi connectivity index (χ0) is 11.7. The molecule has 0 unspecified atom stereocenters. The fourth-order valence-corrected chi connectivity index (χ4v) is 1.08. The molecule has 0 aromatic carbocycles. The first-order chi connectivity index (χ1) is 6.79. The molecule has 1 heterocycles. The molecule has 84 valence electrons. The van der Waals surface area contributed by atoms with E-state index in [1.54, 1.807) is 0 Å². The van der Waals surface area contributed by atoms with E-state index in [0.29, 0.717) is 5.56 Å². The highest BCUT2D eigenvalue weighted by Crippen LogP contribution is 2.40. The standard InChI is InChI=1S/C10H12F3NO/c1-9(2,10(11,12)13)8-3-7(6-15)4-14-5-8/h3-5,15H,6H2,1-2H3.